The number of nitrogens with zero attached hydrogens (tertiary/aromatic N) is 1. The second-order valence-electron chi connectivity index (χ2n) is 4.67. The molecular formula is C15H16ClN3S. The van der Waals surface area contributed by atoms with E-state index in [-0.39, 0.29) is 6.04 Å². The molecule has 104 valence electrons. The SMILES string of the molecule is Cc1cc(C(N)=S)cc(NC(C)c2cccc(Cl)c2)n1. The summed E-state index contributed by atoms with van der Waals surface area (Å²) < 4.78 is 0. The molecule has 0 saturated heterocycles. The van der Waals surface area contributed by atoms with Crippen molar-refractivity contribution < 1.29 is 0 Å². The average molecular weight is 306 g/mol. The Kier molecular flexibility index (Phi) is 4.57. The minimum atomic E-state index is 0.0854. The molecule has 0 saturated carbocycles. The molecule has 1 unspecified atom stereocenters. The topological polar surface area (TPSA) is 50.9 Å². The Hall–Kier alpha value is -1.65. The van der Waals surface area contributed by atoms with Crippen LogP contribution in [0.3, 0.4) is 0 Å². The van der Waals surface area contributed by atoms with Crippen LogP contribution in [0.25, 0.3) is 0 Å². The number of halogens is 1. The monoisotopic (exact) mass is 305 g/mol. The van der Waals surface area contributed by atoms with Gasteiger partial charge in [0, 0.05) is 22.3 Å². The van der Waals surface area contributed by atoms with Crippen LogP contribution in [0, 0.1) is 6.92 Å². The largest absolute Gasteiger partial charge is 0.389 e. The van der Waals surface area contributed by atoms with E-state index in [0.29, 0.717) is 4.99 Å². The number of aromatic nitrogens is 1. The molecule has 0 bridgehead atoms. The van der Waals surface area contributed by atoms with E-state index >= 15 is 0 Å². The van der Waals surface area contributed by atoms with Crippen LogP contribution in [0.2, 0.25) is 5.02 Å². The lowest BCUT2D eigenvalue weighted by atomic mass is 10.1. The molecule has 2 rings (SSSR count). The van der Waals surface area contributed by atoms with Gasteiger partial charge in [-0.25, -0.2) is 4.98 Å². The van der Waals surface area contributed by atoms with Gasteiger partial charge in [-0.05, 0) is 43.7 Å². The van der Waals surface area contributed by atoms with Gasteiger partial charge in [0.1, 0.15) is 10.8 Å². The van der Waals surface area contributed by atoms with E-state index in [1.165, 1.54) is 0 Å². The summed E-state index contributed by atoms with van der Waals surface area (Å²) in [6.07, 6.45) is 0. The van der Waals surface area contributed by atoms with Crippen LogP contribution in [0.5, 0.6) is 0 Å². The number of nitrogens with one attached hydrogen (secondary N) is 1. The quantitative estimate of drug-likeness (QED) is 0.842. The summed E-state index contributed by atoms with van der Waals surface area (Å²) in [4.78, 5) is 4.81. The standard InChI is InChI=1S/C15H16ClN3S/c1-9-6-12(15(17)20)8-14(18-9)19-10(2)11-4-3-5-13(16)7-11/h3-8,10H,1-2H3,(H2,17,20)(H,18,19). The minimum Gasteiger partial charge on any atom is -0.389 e. The van der Waals surface area contributed by atoms with Gasteiger partial charge in [0.15, 0.2) is 0 Å². The van der Waals surface area contributed by atoms with Crippen molar-refractivity contribution in [3.8, 4) is 0 Å². The number of aryl methyl sites for hydroxylation is 1. The second-order valence-corrected chi connectivity index (χ2v) is 5.54. The van der Waals surface area contributed by atoms with Crippen molar-refractivity contribution in [1.29, 1.82) is 0 Å². The number of benzene rings is 1. The van der Waals surface area contributed by atoms with E-state index in [0.717, 1.165) is 27.7 Å². The van der Waals surface area contributed by atoms with Gasteiger partial charge >= 0.3 is 0 Å². The van der Waals surface area contributed by atoms with E-state index in [1.54, 1.807) is 0 Å². The van der Waals surface area contributed by atoms with Crippen molar-refractivity contribution in [3.05, 3.63) is 58.2 Å². The number of hydrogen-bond donors (Lipinski definition) is 2. The van der Waals surface area contributed by atoms with Crippen molar-refractivity contribution in [2.45, 2.75) is 19.9 Å². The zero-order valence-electron chi connectivity index (χ0n) is 11.4. The molecule has 1 atom stereocenters. The summed E-state index contributed by atoms with van der Waals surface area (Å²) in [7, 11) is 0. The highest BCUT2D eigenvalue weighted by atomic mass is 35.5. The molecule has 0 spiro atoms. The van der Waals surface area contributed by atoms with E-state index in [9.17, 15) is 0 Å². The number of rotatable bonds is 4. The van der Waals surface area contributed by atoms with E-state index in [2.05, 4.69) is 17.2 Å². The van der Waals surface area contributed by atoms with Crippen LogP contribution >= 0.6 is 23.8 Å². The Morgan fingerprint density at radius 2 is 2.10 bits per heavy atom. The average Bonchev–Trinajstić information content (AvgIpc) is 2.37. The fourth-order valence-corrected chi connectivity index (χ4v) is 2.28. The Morgan fingerprint density at radius 3 is 2.75 bits per heavy atom. The molecule has 0 aliphatic rings. The van der Waals surface area contributed by atoms with Crippen molar-refractivity contribution in [3.63, 3.8) is 0 Å². The van der Waals surface area contributed by atoms with Crippen LogP contribution in [0.1, 0.15) is 29.8 Å². The fourth-order valence-electron chi connectivity index (χ4n) is 1.97. The van der Waals surface area contributed by atoms with Crippen molar-refractivity contribution in [1.82, 2.24) is 4.98 Å². The highest BCUT2D eigenvalue weighted by Crippen LogP contribution is 2.21. The molecule has 3 nitrogen and oxygen atoms in total. The predicted molar refractivity (Wildman–Crippen MR) is 88.4 cm³/mol. The minimum absolute atomic E-state index is 0.0854. The lowest BCUT2D eigenvalue weighted by Gasteiger charge is -2.16. The smallest absolute Gasteiger partial charge is 0.127 e. The zero-order valence-corrected chi connectivity index (χ0v) is 12.9. The van der Waals surface area contributed by atoms with Crippen molar-refractivity contribution in [2.24, 2.45) is 5.73 Å². The molecule has 20 heavy (non-hydrogen) atoms. The lowest BCUT2D eigenvalue weighted by Crippen LogP contribution is -2.13. The fraction of sp³-hybridized carbons (Fsp3) is 0.200. The summed E-state index contributed by atoms with van der Waals surface area (Å²) >= 11 is 11.0. The molecule has 1 heterocycles. The predicted octanol–water partition coefficient (Wildman–Crippen LogP) is 3.85. The van der Waals surface area contributed by atoms with Gasteiger partial charge in [-0.2, -0.15) is 0 Å². The van der Waals surface area contributed by atoms with Gasteiger partial charge in [0.25, 0.3) is 0 Å². The first-order valence-electron chi connectivity index (χ1n) is 6.26. The first-order chi connectivity index (χ1) is 9.45. The third-order valence-electron chi connectivity index (χ3n) is 2.95. The van der Waals surface area contributed by atoms with Crippen molar-refractivity contribution in [2.75, 3.05) is 5.32 Å². The van der Waals surface area contributed by atoms with Crippen LogP contribution in [0.4, 0.5) is 5.82 Å². The maximum atomic E-state index is 6.01. The van der Waals surface area contributed by atoms with Crippen LogP contribution in [-0.2, 0) is 0 Å². The molecule has 0 amide bonds. The summed E-state index contributed by atoms with van der Waals surface area (Å²) in [6.45, 7) is 3.97. The van der Waals surface area contributed by atoms with Gasteiger partial charge < -0.3 is 11.1 Å². The second kappa shape index (κ2) is 6.20. The molecule has 0 radical (unpaired) electrons. The summed E-state index contributed by atoms with van der Waals surface area (Å²) in [5, 5.41) is 4.06. The normalized spacial score (nSPS) is 11.9. The molecule has 0 aliphatic carbocycles. The maximum absolute atomic E-state index is 6.01. The highest BCUT2D eigenvalue weighted by Gasteiger charge is 2.08. The molecule has 0 aliphatic heterocycles. The zero-order chi connectivity index (χ0) is 14.7. The Bertz CT molecular complexity index is 643. The van der Waals surface area contributed by atoms with Gasteiger partial charge in [-0.1, -0.05) is 36.0 Å². The Morgan fingerprint density at radius 1 is 1.35 bits per heavy atom. The molecule has 3 N–H and O–H groups in total. The van der Waals surface area contributed by atoms with Gasteiger partial charge in [-0.3, -0.25) is 0 Å². The molecular weight excluding hydrogens is 290 g/mol. The summed E-state index contributed by atoms with van der Waals surface area (Å²) in [5.41, 5.74) is 8.45. The third kappa shape index (κ3) is 3.68. The van der Waals surface area contributed by atoms with Gasteiger partial charge in [-0.15, -0.1) is 0 Å². The number of pyridine rings is 1. The highest BCUT2D eigenvalue weighted by molar-refractivity contribution is 7.80. The summed E-state index contributed by atoms with van der Waals surface area (Å²) in [5.74, 6) is 0.750. The first-order valence-corrected chi connectivity index (χ1v) is 7.05. The number of hydrogen-bond acceptors (Lipinski definition) is 3. The van der Waals surface area contributed by atoms with Gasteiger partial charge in [0.2, 0.25) is 0 Å². The van der Waals surface area contributed by atoms with Crippen molar-refractivity contribution >= 4 is 34.6 Å². The number of anilines is 1. The van der Waals surface area contributed by atoms with Crippen LogP contribution in [-0.4, -0.2) is 9.97 Å². The number of thiocarbonyl (C=S) groups is 1. The third-order valence-corrected chi connectivity index (χ3v) is 3.42. The maximum Gasteiger partial charge on any atom is 0.127 e. The molecule has 0 fully saturated rings. The molecule has 1 aromatic carbocycles. The van der Waals surface area contributed by atoms with E-state index < -0.39 is 0 Å². The van der Waals surface area contributed by atoms with E-state index in [1.807, 2.05) is 43.3 Å². The van der Waals surface area contributed by atoms with Crippen LogP contribution in [0.15, 0.2) is 36.4 Å². The number of nitrogens with two attached hydrogens (primary N) is 1. The molecule has 2 aromatic rings. The van der Waals surface area contributed by atoms with E-state index in [4.69, 9.17) is 29.6 Å². The summed E-state index contributed by atoms with van der Waals surface area (Å²) in [6, 6.07) is 11.6. The lowest BCUT2D eigenvalue weighted by molar-refractivity contribution is 0.872. The van der Waals surface area contributed by atoms with Gasteiger partial charge in [0.05, 0.1) is 0 Å². The Balaban J connectivity index is 2.23. The molecule has 1 aromatic heterocycles. The first kappa shape index (κ1) is 14.8. The Labute approximate surface area is 129 Å². The molecule has 5 heteroatoms. The van der Waals surface area contributed by atoms with Crippen LogP contribution < -0.4 is 11.1 Å².